The van der Waals surface area contributed by atoms with Crippen molar-refractivity contribution >= 4 is 11.6 Å². The van der Waals surface area contributed by atoms with E-state index in [1.165, 1.54) is 19.2 Å². The summed E-state index contributed by atoms with van der Waals surface area (Å²) in [4.78, 5) is 12.6. The lowest BCUT2D eigenvalue weighted by atomic mass is 10.2. The second kappa shape index (κ2) is 8.90. The number of rotatable bonds is 7. The predicted molar refractivity (Wildman–Crippen MR) is 105 cm³/mol. The van der Waals surface area contributed by atoms with Gasteiger partial charge in [0.05, 0.1) is 14.2 Å². The third-order valence-corrected chi connectivity index (χ3v) is 4.06. The van der Waals surface area contributed by atoms with E-state index in [1.54, 1.807) is 61.7 Å². The highest BCUT2D eigenvalue weighted by atomic mass is 19.1. The molecule has 6 heteroatoms. The van der Waals surface area contributed by atoms with Crippen LogP contribution in [0.4, 0.5) is 10.1 Å². The summed E-state index contributed by atoms with van der Waals surface area (Å²) >= 11 is 0. The molecule has 0 bridgehead atoms. The number of halogens is 1. The molecule has 0 radical (unpaired) electrons. The largest absolute Gasteiger partial charge is 0.493 e. The molecule has 0 spiro atoms. The third-order valence-electron chi connectivity index (χ3n) is 4.06. The number of nitrogens with one attached hydrogen (secondary N) is 1. The molecular weight excluding hydrogens is 361 g/mol. The monoisotopic (exact) mass is 381 g/mol. The molecule has 0 aromatic heterocycles. The zero-order valence-corrected chi connectivity index (χ0v) is 15.6. The van der Waals surface area contributed by atoms with Crippen LogP contribution in [-0.2, 0) is 6.61 Å². The summed E-state index contributed by atoms with van der Waals surface area (Å²) in [6.07, 6.45) is 0. The molecule has 0 saturated carbocycles. The zero-order valence-electron chi connectivity index (χ0n) is 15.6. The quantitative estimate of drug-likeness (QED) is 0.646. The van der Waals surface area contributed by atoms with Gasteiger partial charge in [-0.25, -0.2) is 4.39 Å². The molecule has 0 aliphatic rings. The maximum atomic E-state index is 13.0. The maximum absolute atomic E-state index is 13.0. The normalized spacial score (nSPS) is 10.2. The molecule has 0 atom stereocenters. The Morgan fingerprint density at radius 3 is 2.39 bits per heavy atom. The lowest BCUT2D eigenvalue weighted by molar-refractivity contribution is 0.102. The van der Waals surface area contributed by atoms with E-state index in [0.29, 0.717) is 28.5 Å². The molecule has 28 heavy (non-hydrogen) atoms. The van der Waals surface area contributed by atoms with Crippen LogP contribution in [-0.4, -0.2) is 20.1 Å². The number of hydrogen-bond donors (Lipinski definition) is 1. The molecule has 3 aromatic rings. The summed E-state index contributed by atoms with van der Waals surface area (Å²) in [5.41, 5.74) is 1.87. The first-order valence-electron chi connectivity index (χ1n) is 8.59. The summed E-state index contributed by atoms with van der Waals surface area (Å²) < 4.78 is 29.1. The van der Waals surface area contributed by atoms with E-state index in [2.05, 4.69) is 5.32 Å². The van der Waals surface area contributed by atoms with Gasteiger partial charge in [-0.3, -0.25) is 4.79 Å². The van der Waals surface area contributed by atoms with Crippen molar-refractivity contribution in [3.05, 3.63) is 83.7 Å². The molecule has 0 aliphatic carbocycles. The van der Waals surface area contributed by atoms with Crippen LogP contribution in [0.1, 0.15) is 15.9 Å². The van der Waals surface area contributed by atoms with Gasteiger partial charge < -0.3 is 19.5 Å². The van der Waals surface area contributed by atoms with E-state index in [1.807, 2.05) is 0 Å². The fourth-order valence-electron chi connectivity index (χ4n) is 2.59. The van der Waals surface area contributed by atoms with Gasteiger partial charge in [-0.15, -0.1) is 0 Å². The van der Waals surface area contributed by atoms with Crippen LogP contribution < -0.4 is 19.5 Å². The van der Waals surface area contributed by atoms with Gasteiger partial charge in [0.1, 0.15) is 18.2 Å². The summed E-state index contributed by atoms with van der Waals surface area (Å²) in [6.45, 7) is 0.279. The zero-order chi connectivity index (χ0) is 19.9. The molecule has 1 amide bonds. The number of ether oxygens (including phenoxy) is 3. The van der Waals surface area contributed by atoms with Crippen molar-refractivity contribution in [2.75, 3.05) is 19.5 Å². The van der Waals surface area contributed by atoms with Crippen LogP contribution in [0.25, 0.3) is 0 Å². The van der Waals surface area contributed by atoms with Gasteiger partial charge in [0.25, 0.3) is 5.91 Å². The second-order valence-electron chi connectivity index (χ2n) is 5.97. The van der Waals surface area contributed by atoms with E-state index >= 15 is 0 Å². The van der Waals surface area contributed by atoms with Gasteiger partial charge in [0, 0.05) is 17.3 Å². The fourth-order valence-corrected chi connectivity index (χ4v) is 2.59. The first-order chi connectivity index (χ1) is 13.6. The molecule has 0 fully saturated rings. The number of amides is 1. The van der Waals surface area contributed by atoms with E-state index in [-0.39, 0.29) is 18.3 Å². The topological polar surface area (TPSA) is 56.8 Å². The second-order valence-corrected chi connectivity index (χ2v) is 5.97. The van der Waals surface area contributed by atoms with E-state index in [0.717, 1.165) is 5.56 Å². The Morgan fingerprint density at radius 1 is 0.929 bits per heavy atom. The number of benzene rings is 3. The SMILES string of the molecule is COc1ccc(NC(=O)c2cccc(OCc3ccc(F)cc3)c2)cc1OC. The maximum Gasteiger partial charge on any atom is 0.255 e. The third kappa shape index (κ3) is 4.79. The Hall–Kier alpha value is -3.54. The van der Waals surface area contributed by atoms with E-state index in [4.69, 9.17) is 14.2 Å². The Kier molecular flexibility index (Phi) is 6.11. The average Bonchev–Trinajstić information content (AvgIpc) is 2.73. The molecule has 0 unspecified atom stereocenters. The van der Waals surface area contributed by atoms with E-state index < -0.39 is 0 Å². The van der Waals surface area contributed by atoms with Gasteiger partial charge >= 0.3 is 0 Å². The van der Waals surface area contributed by atoms with Crippen LogP contribution in [0.15, 0.2) is 66.7 Å². The standard InChI is InChI=1S/C22H20FNO4/c1-26-20-11-10-18(13-21(20)27-2)24-22(25)16-4-3-5-19(12-16)28-14-15-6-8-17(23)9-7-15/h3-13H,14H2,1-2H3,(H,24,25). The first-order valence-corrected chi connectivity index (χ1v) is 8.59. The molecule has 0 aliphatic heterocycles. The van der Waals surface area contributed by atoms with Crippen molar-refractivity contribution in [3.63, 3.8) is 0 Å². The minimum Gasteiger partial charge on any atom is -0.493 e. The number of anilines is 1. The highest BCUT2D eigenvalue weighted by Crippen LogP contribution is 2.30. The molecule has 5 nitrogen and oxygen atoms in total. The van der Waals surface area contributed by atoms with Crippen molar-refractivity contribution in [1.82, 2.24) is 0 Å². The number of carbonyl (C=O) groups excluding carboxylic acids is 1. The van der Waals surface area contributed by atoms with Crippen LogP contribution in [0.2, 0.25) is 0 Å². The minimum absolute atomic E-state index is 0.278. The lowest BCUT2D eigenvalue weighted by Crippen LogP contribution is -2.12. The molecule has 0 saturated heterocycles. The smallest absolute Gasteiger partial charge is 0.255 e. The van der Waals surface area contributed by atoms with Gasteiger partial charge in [0.15, 0.2) is 11.5 Å². The number of hydrogen-bond acceptors (Lipinski definition) is 4. The fraction of sp³-hybridized carbons (Fsp3) is 0.136. The molecule has 3 rings (SSSR count). The molecule has 3 aromatic carbocycles. The molecular formula is C22H20FNO4. The molecule has 0 heterocycles. The summed E-state index contributed by atoms with van der Waals surface area (Å²) in [5, 5.41) is 2.82. The first kappa shape index (κ1) is 19.2. The van der Waals surface area contributed by atoms with Crippen LogP contribution >= 0.6 is 0 Å². The number of methoxy groups -OCH3 is 2. The van der Waals surface area contributed by atoms with Crippen LogP contribution in [0, 0.1) is 5.82 Å². The lowest BCUT2D eigenvalue weighted by Gasteiger charge is -2.11. The van der Waals surface area contributed by atoms with Gasteiger partial charge in [-0.05, 0) is 48.0 Å². The van der Waals surface area contributed by atoms with E-state index in [9.17, 15) is 9.18 Å². The Labute approximate surface area is 162 Å². The Morgan fingerprint density at radius 2 is 1.68 bits per heavy atom. The molecule has 144 valence electrons. The van der Waals surface area contributed by atoms with Gasteiger partial charge in [-0.1, -0.05) is 18.2 Å². The van der Waals surface area contributed by atoms with Crippen molar-refractivity contribution in [2.45, 2.75) is 6.61 Å². The highest BCUT2D eigenvalue weighted by Gasteiger charge is 2.10. The predicted octanol–water partition coefficient (Wildman–Crippen LogP) is 4.67. The summed E-state index contributed by atoms with van der Waals surface area (Å²) in [6, 6.07) is 18.1. The summed E-state index contributed by atoms with van der Waals surface area (Å²) in [5.74, 6) is 1.08. The van der Waals surface area contributed by atoms with Gasteiger partial charge in [-0.2, -0.15) is 0 Å². The number of carbonyl (C=O) groups is 1. The highest BCUT2D eigenvalue weighted by molar-refractivity contribution is 6.04. The van der Waals surface area contributed by atoms with Crippen molar-refractivity contribution < 1.29 is 23.4 Å². The van der Waals surface area contributed by atoms with Crippen molar-refractivity contribution in [2.24, 2.45) is 0 Å². The summed E-state index contributed by atoms with van der Waals surface area (Å²) in [7, 11) is 3.08. The van der Waals surface area contributed by atoms with Crippen molar-refractivity contribution in [1.29, 1.82) is 0 Å². The van der Waals surface area contributed by atoms with Gasteiger partial charge in [0.2, 0.25) is 0 Å². The van der Waals surface area contributed by atoms with Crippen LogP contribution in [0.3, 0.4) is 0 Å². The minimum atomic E-state index is -0.294. The Balaban J connectivity index is 1.67. The van der Waals surface area contributed by atoms with Crippen LogP contribution in [0.5, 0.6) is 17.2 Å². The van der Waals surface area contributed by atoms with Crippen molar-refractivity contribution in [3.8, 4) is 17.2 Å². The average molecular weight is 381 g/mol. The molecule has 1 N–H and O–H groups in total. The Bertz CT molecular complexity index is 957.